The standard InChI is InChI=1S/C31H39F3N2O5/c1-30(2,41-4)24-25(35-18-21-17-22(31(32,33)34)15-16-23(21)40-3)26(19-11-7-5-8-12-19)36(27(24)29(38)39)28(37)20-13-9-6-10-14-20/h5,7-8,11-12,15-17,20,24-27,35H,6,9-10,13-14,18H2,1-4H3,(H,38,39). The van der Waals surface area contributed by atoms with Crippen molar-refractivity contribution in [2.45, 2.75) is 82.4 Å². The van der Waals surface area contributed by atoms with Gasteiger partial charge in [0.2, 0.25) is 5.91 Å². The summed E-state index contributed by atoms with van der Waals surface area (Å²) in [6, 6.07) is 9.91. The summed E-state index contributed by atoms with van der Waals surface area (Å²) in [5, 5.41) is 14.0. The molecular weight excluding hydrogens is 537 g/mol. The third kappa shape index (κ3) is 6.38. The molecule has 4 rings (SSSR count). The molecule has 2 aliphatic rings. The Morgan fingerprint density at radius 1 is 1.02 bits per heavy atom. The molecule has 7 nitrogen and oxygen atoms in total. The van der Waals surface area contributed by atoms with Crippen LogP contribution in [0.15, 0.2) is 48.5 Å². The fourth-order valence-corrected chi connectivity index (χ4v) is 6.55. The van der Waals surface area contributed by atoms with Crippen LogP contribution in [0, 0.1) is 11.8 Å². The van der Waals surface area contributed by atoms with Crippen LogP contribution < -0.4 is 10.1 Å². The van der Waals surface area contributed by atoms with E-state index in [4.69, 9.17) is 9.47 Å². The Balaban J connectivity index is 1.83. The second-order valence-electron chi connectivity index (χ2n) is 11.5. The highest BCUT2D eigenvalue weighted by Crippen LogP contribution is 2.48. The van der Waals surface area contributed by atoms with Crippen molar-refractivity contribution in [3.8, 4) is 5.75 Å². The zero-order chi connectivity index (χ0) is 29.9. The number of carbonyl (C=O) groups is 2. The van der Waals surface area contributed by atoms with Gasteiger partial charge in [0.25, 0.3) is 0 Å². The van der Waals surface area contributed by atoms with Gasteiger partial charge in [-0.1, -0.05) is 49.6 Å². The highest BCUT2D eigenvalue weighted by Gasteiger charge is 2.59. The lowest BCUT2D eigenvalue weighted by Gasteiger charge is -2.37. The third-order valence-electron chi connectivity index (χ3n) is 8.73. The molecule has 0 aromatic heterocycles. The molecule has 0 radical (unpaired) electrons. The summed E-state index contributed by atoms with van der Waals surface area (Å²) < 4.78 is 51.9. The van der Waals surface area contributed by atoms with E-state index >= 15 is 0 Å². The molecule has 1 aliphatic heterocycles. The molecule has 1 heterocycles. The van der Waals surface area contributed by atoms with Gasteiger partial charge in [-0.25, -0.2) is 4.79 Å². The van der Waals surface area contributed by atoms with Crippen molar-refractivity contribution in [2.24, 2.45) is 11.8 Å². The monoisotopic (exact) mass is 576 g/mol. The van der Waals surface area contributed by atoms with Crippen LogP contribution in [0.25, 0.3) is 0 Å². The topological polar surface area (TPSA) is 88.1 Å². The van der Waals surface area contributed by atoms with Gasteiger partial charge >= 0.3 is 12.1 Å². The molecule has 2 fully saturated rings. The van der Waals surface area contributed by atoms with Gasteiger partial charge < -0.3 is 24.8 Å². The molecule has 1 aliphatic carbocycles. The maximum atomic E-state index is 14.2. The summed E-state index contributed by atoms with van der Waals surface area (Å²) in [4.78, 5) is 28.7. The van der Waals surface area contributed by atoms with Crippen LogP contribution in [0.4, 0.5) is 13.2 Å². The van der Waals surface area contributed by atoms with E-state index in [0.717, 1.165) is 37.0 Å². The van der Waals surface area contributed by atoms with Crippen LogP contribution in [-0.2, 0) is 27.0 Å². The molecule has 2 N–H and O–H groups in total. The molecule has 0 spiro atoms. The highest BCUT2D eigenvalue weighted by molar-refractivity contribution is 5.87. The first-order valence-corrected chi connectivity index (χ1v) is 14.0. The number of hydrogen-bond acceptors (Lipinski definition) is 5. The summed E-state index contributed by atoms with van der Waals surface area (Å²) in [7, 11) is 2.88. The van der Waals surface area contributed by atoms with Crippen LogP contribution in [0.1, 0.15) is 68.7 Å². The fraction of sp³-hybridized carbons (Fsp3) is 0.548. The number of ether oxygens (including phenoxy) is 2. The molecular formula is C31H39F3N2O5. The van der Waals surface area contributed by atoms with Crippen molar-refractivity contribution in [3.63, 3.8) is 0 Å². The smallest absolute Gasteiger partial charge is 0.416 e. The van der Waals surface area contributed by atoms with Crippen LogP contribution in [0.2, 0.25) is 0 Å². The van der Waals surface area contributed by atoms with Crippen molar-refractivity contribution in [2.75, 3.05) is 14.2 Å². The zero-order valence-corrected chi connectivity index (χ0v) is 23.9. The number of methoxy groups -OCH3 is 2. The van der Waals surface area contributed by atoms with Crippen LogP contribution in [-0.4, -0.2) is 53.8 Å². The summed E-state index contributed by atoms with van der Waals surface area (Å²) in [5.74, 6) is -2.10. The van der Waals surface area contributed by atoms with Crippen LogP contribution in [0.3, 0.4) is 0 Å². The molecule has 4 atom stereocenters. The van der Waals surface area contributed by atoms with Crippen molar-refractivity contribution in [1.29, 1.82) is 0 Å². The van der Waals surface area contributed by atoms with Crippen molar-refractivity contribution in [1.82, 2.24) is 10.2 Å². The number of rotatable bonds is 9. The van der Waals surface area contributed by atoms with Crippen LogP contribution in [0.5, 0.6) is 5.75 Å². The number of alkyl halides is 3. The van der Waals surface area contributed by atoms with Gasteiger partial charge in [-0.2, -0.15) is 13.2 Å². The molecule has 2 aromatic rings. The summed E-state index contributed by atoms with van der Waals surface area (Å²) in [6.07, 6.45) is -0.304. The molecule has 224 valence electrons. The lowest BCUT2D eigenvalue weighted by molar-refractivity contribution is -0.156. The van der Waals surface area contributed by atoms with Gasteiger partial charge in [-0.3, -0.25) is 4.79 Å². The maximum Gasteiger partial charge on any atom is 0.416 e. The maximum absolute atomic E-state index is 14.2. The molecule has 0 bridgehead atoms. The van der Waals surface area contributed by atoms with Crippen molar-refractivity contribution < 1.29 is 37.3 Å². The lowest BCUT2D eigenvalue weighted by atomic mass is 9.79. The van der Waals surface area contributed by atoms with Crippen molar-refractivity contribution in [3.05, 3.63) is 65.2 Å². The number of amides is 1. The van der Waals surface area contributed by atoms with Gasteiger partial charge in [-0.05, 0) is 50.5 Å². The number of aliphatic carboxylic acids is 1. The number of benzene rings is 2. The predicted molar refractivity (Wildman–Crippen MR) is 147 cm³/mol. The second-order valence-corrected chi connectivity index (χ2v) is 11.5. The van der Waals surface area contributed by atoms with Gasteiger partial charge in [0.05, 0.1) is 24.3 Å². The second kappa shape index (κ2) is 12.4. The molecule has 1 saturated heterocycles. The largest absolute Gasteiger partial charge is 0.496 e. The first-order valence-electron chi connectivity index (χ1n) is 14.0. The van der Waals surface area contributed by atoms with E-state index in [-0.39, 0.29) is 29.7 Å². The minimum Gasteiger partial charge on any atom is -0.496 e. The van der Waals surface area contributed by atoms with E-state index in [0.29, 0.717) is 12.8 Å². The van der Waals surface area contributed by atoms with E-state index in [1.54, 1.807) is 13.8 Å². The summed E-state index contributed by atoms with van der Waals surface area (Å²) in [5.41, 5.74) is -0.807. The Morgan fingerprint density at radius 2 is 1.68 bits per heavy atom. The van der Waals surface area contributed by atoms with E-state index < -0.39 is 47.4 Å². The number of nitrogens with one attached hydrogen (secondary N) is 1. The molecule has 2 aromatic carbocycles. The minimum absolute atomic E-state index is 0.0464. The van der Waals surface area contributed by atoms with E-state index in [1.807, 2.05) is 30.3 Å². The number of nitrogens with zero attached hydrogens (tertiary/aromatic N) is 1. The normalized spacial score (nSPS) is 23.9. The van der Waals surface area contributed by atoms with Gasteiger partial charge in [0.1, 0.15) is 11.8 Å². The van der Waals surface area contributed by atoms with Gasteiger partial charge in [0.15, 0.2) is 0 Å². The number of carboxylic acids is 1. The molecule has 41 heavy (non-hydrogen) atoms. The quantitative estimate of drug-likeness (QED) is 0.391. The number of hydrogen-bond donors (Lipinski definition) is 2. The number of halogens is 3. The Bertz CT molecular complexity index is 1210. The average molecular weight is 577 g/mol. The minimum atomic E-state index is -4.54. The Kier molecular flexibility index (Phi) is 9.33. The highest BCUT2D eigenvalue weighted by atomic mass is 19.4. The first-order chi connectivity index (χ1) is 19.4. The summed E-state index contributed by atoms with van der Waals surface area (Å²) in [6.45, 7) is 3.52. The van der Waals surface area contributed by atoms with Crippen LogP contribution >= 0.6 is 0 Å². The summed E-state index contributed by atoms with van der Waals surface area (Å²) >= 11 is 0. The lowest BCUT2D eigenvalue weighted by Crippen LogP contribution is -2.53. The third-order valence-corrected chi connectivity index (χ3v) is 8.73. The zero-order valence-electron chi connectivity index (χ0n) is 23.9. The Morgan fingerprint density at radius 3 is 2.24 bits per heavy atom. The molecule has 1 saturated carbocycles. The van der Waals surface area contributed by atoms with Gasteiger partial charge in [-0.15, -0.1) is 0 Å². The number of carboxylic acid groups (broad SMARTS) is 1. The van der Waals surface area contributed by atoms with E-state index in [1.165, 1.54) is 25.2 Å². The Hall–Kier alpha value is -3.11. The van der Waals surface area contributed by atoms with E-state index in [2.05, 4.69) is 5.32 Å². The van der Waals surface area contributed by atoms with Gasteiger partial charge in [0, 0.05) is 37.1 Å². The number of carbonyl (C=O) groups excluding carboxylic acids is 1. The Labute approximate surface area is 239 Å². The average Bonchev–Trinajstić information content (AvgIpc) is 3.32. The van der Waals surface area contributed by atoms with E-state index in [9.17, 15) is 27.9 Å². The SMILES string of the molecule is COc1ccc(C(F)(F)F)cc1CNC1C(c2ccccc2)N(C(=O)C2CCCCC2)C(C(=O)O)C1C(C)(C)OC. The first kappa shape index (κ1) is 30.8. The molecule has 4 unspecified atom stereocenters. The molecule has 1 amide bonds. The number of likely N-dealkylation sites (tertiary alicyclic amines) is 1. The predicted octanol–water partition coefficient (Wildman–Crippen LogP) is 5.83. The fourth-order valence-electron chi connectivity index (χ4n) is 6.55. The van der Waals surface area contributed by atoms with Crippen molar-refractivity contribution >= 4 is 11.9 Å². The molecule has 10 heteroatoms.